The van der Waals surface area contributed by atoms with Crippen LogP contribution in [0.15, 0.2) is 83.8 Å². The predicted octanol–water partition coefficient (Wildman–Crippen LogP) is 4.47. The van der Waals surface area contributed by atoms with E-state index in [4.69, 9.17) is 11.6 Å². The third-order valence-corrected chi connectivity index (χ3v) is 11.8. The number of piperidine rings is 1. The zero-order valence-corrected chi connectivity index (χ0v) is 35.5. The van der Waals surface area contributed by atoms with E-state index < -0.39 is 17.6 Å². The van der Waals surface area contributed by atoms with E-state index in [9.17, 15) is 28.4 Å². The van der Waals surface area contributed by atoms with Gasteiger partial charge < -0.3 is 25.8 Å². The van der Waals surface area contributed by atoms with E-state index in [2.05, 4.69) is 60.0 Å². The molecule has 14 nitrogen and oxygen atoms in total. The van der Waals surface area contributed by atoms with Gasteiger partial charge in [-0.3, -0.25) is 28.9 Å². The molecule has 5 aromatic rings. The number of amides is 4. The van der Waals surface area contributed by atoms with Gasteiger partial charge in [-0.25, -0.2) is 14.5 Å². The summed E-state index contributed by atoms with van der Waals surface area (Å²) in [5.41, 5.74) is 4.32. The van der Waals surface area contributed by atoms with Gasteiger partial charge in [0, 0.05) is 82.5 Å². The molecule has 7 rings (SSSR count). The van der Waals surface area contributed by atoms with Crippen LogP contribution < -0.4 is 21.5 Å². The van der Waals surface area contributed by atoms with Gasteiger partial charge in [-0.05, 0) is 66.1 Å². The summed E-state index contributed by atoms with van der Waals surface area (Å²) in [4.78, 5) is 74.8. The maximum absolute atomic E-state index is 14.7. The number of H-pyrrole nitrogens is 1. The van der Waals surface area contributed by atoms with Crippen LogP contribution in [0.2, 0.25) is 0 Å². The maximum Gasteiger partial charge on any atom is 0.274 e. The van der Waals surface area contributed by atoms with E-state index in [-0.39, 0.29) is 60.6 Å². The first-order valence-corrected chi connectivity index (χ1v) is 21.6. The highest BCUT2D eigenvalue weighted by molar-refractivity contribution is 6.29. The monoisotopic (exact) mass is 863 g/mol. The summed E-state index contributed by atoms with van der Waals surface area (Å²) < 4.78 is 14.7. The van der Waals surface area contributed by atoms with Gasteiger partial charge in [-0.2, -0.15) is 5.10 Å². The number of benzene rings is 3. The fraction of sp³-hybridized carbons (Fsp3) is 0.370. The Bertz CT molecular complexity index is 2480. The minimum absolute atomic E-state index is 0.115. The number of carbonyl (C=O) groups is 4. The molecule has 2 fully saturated rings. The summed E-state index contributed by atoms with van der Waals surface area (Å²) in [6.07, 6.45) is 4.55. The Hall–Kier alpha value is -6.03. The number of aryl methyl sites for hydroxylation is 1. The van der Waals surface area contributed by atoms with Gasteiger partial charge in [0.05, 0.1) is 28.9 Å². The highest BCUT2D eigenvalue weighted by Crippen LogP contribution is 2.28. The number of nitrogens with one attached hydrogen (secondary N) is 4. The number of aromatic nitrogens is 3. The van der Waals surface area contributed by atoms with Gasteiger partial charge in [0.2, 0.25) is 11.8 Å². The fourth-order valence-corrected chi connectivity index (χ4v) is 8.16. The van der Waals surface area contributed by atoms with Gasteiger partial charge >= 0.3 is 0 Å². The summed E-state index contributed by atoms with van der Waals surface area (Å²) >= 11 is 5.81. The third-order valence-electron chi connectivity index (χ3n) is 11.6. The Balaban J connectivity index is 0.814. The topological polar surface area (TPSA) is 173 Å². The number of rotatable bonds is 15. The Kier molecular flexibility index (Phi) is 14.7. The molecule has 2 saturated heterocycles. The van der Waals surface area contributed by atoms with Gasteiger partial charge in [0.25, 0.3) is 17.4 Å². The number of anilines is 1. The predicted molar refractivity (Wildman–Crippen MR) is 237 cm³/mol. The van der Waals surface area contributed by atoms with Crippen molar-refractivity contribution in [3.63, 3.8) is 0 Å². The molecule has 4 N–H and O–H groups in total. The van der Waals surface area contributed by atoms with E-state index in [1.54, 1.807) is 36.5 Å². The number of fused-ring (bicyclic) bond motifs is 1. The first-order valence-electron chi connectivity index (χ1n) is 21.1. The quantitative estimate of drug-likeness (QED) is 0.0876. The Morgan fingerprint density at radius 2 is 1.56 bits per heavy atom. The van der Waals surface area contributed by atoms with Crippen molar-refractivity contribution in [3.05, 3.63) is 123 Å². The van der Waals surface area contributed by atoms with E-state index in [0.717, 1.165) is 63.1 Å². The molecule has 0 spiro atoms. The van der Waals surface area contributed by atoms with Crippen LogP contribution >= 0.6 is 11.6 Å². The largest absolute Gasteiger partial charge is 0.353 e. The summed E-state index contributed by atoms with van der Waals surface area (Å²) in [7, 11) is 0. The Morgan fingerprint density at radius 1 is 0.823 bits per heavy atom. The smallest absolute Gasteiger partial charge is 0.274 e. The third kappa shape index (κ3) is 11.1. The van der Waals surface area contributed by atoms with Gasteiger partial charge in [0.1, 0.15) is 11.7 Å². The standard InChI is InChI=1S/C46H51ClFN9O5/c1-2-30-6-5-7-33(22-30)34-25-40(52-41(58)26-47)43(51-27-34)46(62)57-16-12-31(13-17-57)28-55-18-20-56(21-19-55)29-42(59)49-14-15-50-44(60)37-23-32(10-11-38(37)48)24-39-35-8-3-4-9-36(35)45(61)54-53-39/h3-11,22-23,25,27,31H,2,12-21,24,26,28-29H2,1H3,(H,49,59)(H,50,60)(H,52,58)(H,54,61). The lowest BCUT2D eigenvalue weighted by molar-refractivity contribution is -0.122. The number of aromatic amines is 1. The van der Waals surface area contributed by atoms with Gasteiger partial charge in [-0.1, -0.05) is 55.5 Å². The molecule has 4 heterocycles. The molecule has 16 heteroatoms. The molecular formula is C46H51ClFN9O5. The van der Waals surface area contributed by atoms with Crippen LogP contribution in [-0.4, -0.2) is 125 Å². The lowest BCUT2D eigenvalue weighted by Crippen LogP contribution is -2.51. The molecule has 0 unspecified atom stereocenters. The molecule has 0 atom stereocenters. The maximum atomic E-state index is 14.7. The van der Waals surface area contributed by atoms with Crippen molar-refractivity contribution >= 4 is 51.7 Å². The van der Waals surface area contributed by atoms with Crippen molar-refractivity contribution in [2.24, 2.45) is 5.92 Å². The molecule has 3 aromatic carbocycles. The SMILES string of the molecule is CCc1cccc(-c2cnc(C(=O)N3CCC(CN4CCN(CC(=O)NCCNC(=O)c5cc(Cc6n[nH]c(=O)c7ccccc67)ccc5F)CC4)CC3)c(NC(=O)CCl)c2)c1. The van der Waals surface area contributed by atoms with Crippen molar-refractivity contribution in [2.45, 2.75) is 32.6 Å². The molecule has 0 saturated carbocycles. The van der Waals surface area contributed by atoms with E-state index >= 15 is 0 Å². The molecule has 0 aliphatic carbocycles. The summed E-state index contributed by atoms with van der Waals surface area (Å²) in [6, 6.07) is 21.3. The zero-order chi connectivity index (χ0) is 43.6. The number of nitrogens with zero attached hydrogens (tertiary/aromatic N) is 5. The van der Waals surface area contributed by atoms with Crippen LogP contribution in [0.4, 0.5) is 10.1 Å². The minimum Gasteiger partial charge on any atom is -0.353 e. The number of carbonyl (C=O) groups excluding carboxylic acids is 4. The van der Waals surface area contributed by atoms with E-state index in [0.29, 0.717) is 46.7 Å². The van der Waals surface area contributed by atoms with Crippen molar-refractivity contribution in [1.82, 2.24) is 40.5 Å². The van der Waals surface area contributed by atoms with Crippen molar-refractivity contribution in [1.29, 1.82) is 0 Å². The summed E-state index contributed by atoms with van der Waals surface area (Å²) in [5.74, 6) is -1.85. The van der Waals surface area contributed by atoms with Crippen molar-refractivity contribution < 1.29 is 23.6 Å². The van der Waals surface area contributed by atoms with Crippen molar-refractivity contribution in [3.8, 4) is 11.1 Å². The molecule has 0 radical (unpaired) electrons. The van der Waals surface area contributed by atoms with Gasteiger partial charge in [0.15, 0.2) is 5.69 Å². The number of hydrogen-bond donors (Lipinski definition) is 4. The second-order valence-corrected chi connectivity index (χ2v) is 16.1. The average Bonchev–Trinajstić information content (AvgIpc) is 3.30. The number of hydrogen-bond acceptors (Lipinski definition) is 9. The molecule has 0 bridgehead atoms. The molecule has 2 aliphatic heterocycles. The molecule has 2 aromatic heterocycles. The van der Waals surface area contributed by atoms with Crippen LogP contribution in [0.25, 0.3) is 21.9 Å². The summed E-state index contributed by atoms with van der Waals surface area (Å²) in [6.45, 7) is 7.85. The number of likely N-dealkylation sites (tertiary alicyclic amines) is 1. The number of pyridine rings is 1. The fourth-order valence-electron chi connectivity index (χ4n) is 8.09. The van der Waals surface area contributed by atoms with Crippen LogP contribution in [0, 0.1) is 11.7 Å². The second kappa shape index (κ2) is 20.7. The highest BCUT2D eigenvalue weighted by Gasteiger charge is 2.29. The number of alkyl halides is 1. The first kappa shape index (κ1) is 44.0. The molecule has 62 heavy (non-hydrogen) atoms. The molecule has 4 amide bonds. The molecular weight excluding hydrogens is 813 g/mol. The first-order chi connectivity index (χ1) is 30.1. The molecule has 324 valence electrons. The normalized spacial score (nSPS) is 15.0. The van der Waals surface area contributed by atoms with Crippen LogP contribution in [0.5, 0.6) is 0 Å². The van der Waals surface area contributed by atoms with Crippen molar-refractivity contribution in [2.75, 3.05) is 76.6 Å². The lowest BCUT2D eigenvalue weighted by atomic mass is 9.95. The zero-order valence-electron chi connectivity index (χ0n) is 34.7. The number of piperazine rings is 1. The van der Waals surface area contributed by atoms with Crippen LogP contribution in [-0.2, 0) is 22.4 Å². The summed E-state index contributed by atoms with van der Waals surface area (Å²) in [5, 5.41) is 16.2. The highest BCUT2D eigenvalue weighted by atomic mass is 35.5. The van der Waals surface area contributed by atoms with E-state index in [1.165, 1.54) is 17.7 Å². The average molecular weight is 864 g/mol. The second-order valence-electron chi connectivity index (χ2n) is 15.8. The Morgan fingerprint density at radius 3 is 2.32 bits per heavy atom. The molecule has 2 aliphatic rings. The minimum atomic E-state index is -0.664. The van der Waals surface area contributed by atoms with E-state index in [1.807, 2.05) is 23.1 Å². The van der Waals surface area contributed by atoms with Crippen LogP contribution in [0.1, 0.15) is 57.4 Å². The van der Waals surface area contributed by atoms with Crippen LogP contribution in [0.3, 0.4) is 0 Å². The number of halogens is 2. The Labute approximate surface area is 364 Å². The lowest BCUT2D eigenvalue weighted by Gasteiger charge is -2.38. The van der Waals surface area contributed by atoms with Gasteiger partial charge in [-0.15, -0.1) is 11.6 Å².